The molecule has 0 aromatic rings. The van der Waals surface area contributed by atoms with Crippen LogP contribution in [0.1, 0.15) is 13.8 Å². The summed E-state index contributed by atoms with van der Waals surface area (Å²) in [6.45, 7) is 10.1. The molecule has 0 aliphatic rings. The monoisotopic (exact) mass is 113 g/mol. The van der Waals surface area contributed by atoms with Crippen molar-refractivity contribution in [1.82, 2.24) is 0 Å². The van der Waals surface area contributed by atoms with Crippen molar-refractivity contribution >= 4 is 0 Å². The maximum atomic E-state index is 5.00. The van der Waals surface area contributed by atoms with E-state index in [9.17, 15) is 0 Å². The molecule has 47 valence electrons. The first-order valence-electron chi connectivity index (χ1n) is 2.83. The summed E-state index contributed by atoms with van der Waals surface area (Å²) in [6.07, 6.45) is 1.64. The van der Waals surface area contributed by atoms with Crippen molar-refractivity contribution < 1.29 is 4.74 Å². The van der Waals surface area contributed by atoms with Crippen LogP contribution in [0.15, 0.2) is 12.7 Å². The van der Waals surface area contributed by atoms with Gasteiger partial charge in [0.25, 0.3) is 0 Å². The fourth-order valence-electron chi connectivity index (χ4n) is 0.316. The van der Waals surface area contributed by atoms with Gasteiger partial charge in [-0.05, 0) is 5.92 Å². The van der Waals surface area contributed by atoms with Crippen LogP contribution in [0.5, 0.6) is 0 Å². The van der Waals surface area contributed by atoms with Gasteiger partial charge in [-0.25, -0.2) is 0 Å². The van der Waals surface area contributed by atoms with E-state index in [2.05, 4.69) is 20.4 Å². The summed E-state index contributed by atoms with van der Waals surface area (Å²) in [5.74, 6) is 0.603. The molecule has 0 N–H and O–H groups in total. The SMILES string of the molecule is C=C[CH]OCC(C)C. The normalized spacial score (nSPS) is 9.88. The molecule has 8 heavy (non-hydrogen) atoms. The molecule has 0 saturated heterocycles. The van der Waals surface area contributed by atoms with Crippen molar-refractivity contribution in [3.8, 4) is 0 Å². The quantitative estimate of drug-likeness (QED) is 0.507. The van der Waals surface area contributed by atoms with Crippen molar-refractivity contribution in [2.75, 3.05) is 6.61 Å². The van der Waals surface area contributed by atoms with Crippen LogP contribution < -0.4 is 0 Å². The van der Waals surface area contributed by atoms with Crippen LogP contribution >= 0.6 is 0 Å². The summed E-state index contributed by atoms with van der Waals surface area (Å²) in [6, 6.07) is 0. The minimum absolute atomic E-state index is 0.603. The highest BCUT2D eigenvalue weighted by Gasteiger charge is 1.89. The Morgan fingerprint density at radius 2 is 2.25 bits per heavy atom. The number of hydrogen-bond donors (Lipinski definition) is 0. The Bertz CT molecular complexity index is 57.4. The molecule has 0 aromatic carbocycles. The molecule has 0 aromatic heterocycles. The van der Waals surface area contributed by atoms with Gasteiger partial charge in [0.2, 0.25) is 0 Å². The van der Waals surface area contributed by atoms with Gasteiger partial charge in [0.15, 0.2) is 0 Å². The van der Waals surface area contributed by atoms with Crippen LogP contribution in [-0.4, -0.2) is 6.61 Å². The molecule has 1 heteroatoms. The largest absolute Gasteiger partial charge is 0.371 e. The molecule has 0 atom stereocenters. The second kappa shape index (κ2) is 4.85. The van der Waals surface area contributed by atoms with E-state index in [-0.39, 0.29) is 0 Å². The lowest BCUT2D eigenvalue weighted by molar-refractivity contribution is 0.182. The molecule has 0 saturated carbocycles. The van der Waals surface area contributed by atoms with E-state index >= 15 is 0 Å². The van der Waals surface area contributed by atoms with E-state index in [1.54, 1.807) is 12.7 Å². The lowest BCUT2D eigenvalue weighted by Crippen LogP contribution is -1.97. The lowest BCUT2D eigenvalue weighted by atomic mass is 10.2. The summed E-state index contributed by atoms with van der Waals surface area (Å²) in [5, 5.41) is 0. The molecule has 0 amide bonds. The number of hydrogen-bond acceptors (Lipinski definition) is 1. The minimum Gasteiger partial charge on any atom is -0.371 e. The molecule has 0 fully saturated rings. The topological polar surface area (TPSA) is 9.23 Å². The average molecular weight is 113 g/mol. The van der Waals surface area contributed by atoms with Crippen molar-refractivity contribution in [2.24, 2.45) is 5.92 Å². The molecule has 0 bridgehead atoms. The van der Waals surface area contributed by atoms with E-state index < -0.39 is 0 Å². The van der Waals surface area contributed by atoms with Gasteiger partial charge >= 0.3 is 0 Å². The van der Waals surface area contributed by atoms with Crippen LogP contribution in [0.25, 0.3) is 0 Å². The van der Waals surface area contributed by atoms with E-state index in [1.807, 2.05) is 0 Å². The molecular weight excluding hydrogens is 100 g/mol. The first-order chi connectivity index (χ1) is 3.77. The maximum Gasteiger partial charge on any atom is 0.105 e. The zero-order valence-corrected chi connectivity index (χ0v) is 5.55. The third-order valence-electron chi connectivity index (χ3n) is 0.622. The highest BCUT2D eigenvalue weighted by atomic mass is 16.5. The zero-order valence-electron chi connectivity index (χ0n) is 5.55. The van der Waals surface area contributed by atoms with Gasteiger partial charge in [-0.3, -0.25) is 0 Å². The first kappa shape index (κ1) is 7.70. The molecule has 0 unspecified atom stereocenters. The Balaban J connectivity index is 2.81. The Labute approximate surface area is 51.4 Å². The summed E-state index contributed by atoms with van der Waals surface area (Å²) >= 11 is 0. The highest BCUT2D eigenvalue weighted by Crippen LogP contribution is 1.93. The first-order valence-corrected chi connectivity index (χ1v) is 2.83. The second-order valence-electron chi connectivity index (χ2n) is 2.10. The smallest absolute Gasteiger partial charge is 0.105 e. The fraction of sp³-hybridized carbons (Fsp3) is 0.571. The maximum absolute atomic E-state index is 5.00. The van der Waals surface area contributed by atoms with Crippen molar-refractivity contribution in [3.05, 3.63) is 19.3 Å². The Hall–Kier alpha value is -0.300. The standard InChI is InChI=1S/C7H13O/c1-4-5-8-6-7(2)3/h4-5,7H,1,6H2,2-3H3. The van der Waals surface area contributed by atoms with Crippen molar-refractivity contribution in [2.45, 2.75) is 13.8 Å². The van der Waals surface area contributed by atoms with E-state index in [0.717, 1.165) is 6.61 Å². The molecule has 0 aliphatic heterocycles. The van der Waals surface area contributed by atoms with Crippen LogP contribution in [0.4, 0.5) is 0 Å². The Kier molecular flexibility index (Phi) is 4.67. The third kappa shape index (κ3) is 5.70. The van der Waals surface area contributed by atoms with E-state index in [4.69, 9.17) is 4.74 Å². The van der Waals surface area contributed by atoms with Crippen LogP contribution in [0.3, 0.4) is 0 Å². The van der Waals surface area contributed by atoms with Gasteiger partial charge in [0.05, 0.1) is 0 Å². The number of ether oxygens (including phenoxy) is 1. The van der Waals surface area contributed by atoms with Crippen LogP contribution in [0.2, 0.25) is 0 Å². The lowest BCUT2D eigenvalue weighted by Gasteiger charge is -2.01. The van der Waals surface area contributed by atoms with Gasteiger partial charge in [-0.15, -0.1) is 6.58 Å². The summed E-state index contributed by atoms with van der Waals surface area (Å²) in [4.78, 5) is 0. The van der Waals surface area contributed by atoms with Crippen molar-refractivity contribution in [1.29, 1.82) is 0 Å². The van der Waals surface area contributed by atoms with Gasteiger partial charge in [-0.1, -0.05) is 19.9 Å². The molecule has 0 spiro atoms. The molecule has 1 radical (unpaired) electrons. The summed E-state index contributed by atoms with van der Waals surface area (Å²) in [7, 11) is 0. The molecule has 0 heterocycles. The summed E-state index contributed by atoms with van der Waals surface area (Å²) in [5.41, 5.74) is 0. The Morgan fingerprint density at radius 3 is 2.62 bits per heavy atom. The predicted octanol–water partition coefficient (Wildman–Crippen LogP) is 2.01. The van der Waals surface area contributed by atoms with Gasteiger partial charge in [0, 0.05) is 6.61 Å². The highest BCUT2D eigenvalue weighted by molar-refractivity contribution is 4.76. The average Bonchev–Trinajstić information content (AvgIpc) is 1.66. The van der Waals surface area contributed by atoms with E-state index in [0.29, 0.717) is 5.92 Å². The van der Waals surface area contributed by atoms with Gasteiger partial charge in [-0.2, -0.15) is 0 Å². The van der Waals surface area contributed by atoms with E-state index in [1.165, 1.54) is 0 Å². The third-order valence-corrected chi connectivity index (χ3v) is 0.622. The molecule has 0 rings (SSSR count). The van der Waals surface area contributed by atoms with Gasteiger partial charge < -0.3 is 4.74 Å². The summed E-state index contributed by atoms with van der Waals surface area (Å²) < 4.78 is 5.00. The predicted molar refractivity (Wildman–Crippen MR) is 35.3 cm³/mol. The van der Waals surface area contributed by atoms with Crippen molar-refractivity contribution in [3.63, 3.8) is 0 Å². The van der Waals surface area contributed by atoms with Gasteiger partial charge in [0.1, 0.15) is 6.61 Å². The Morgan fingerprint density at radius 1 is 1.62 bits per heavy atom. The molecular formula is C7H13O. The second-order valence-corrected chi connectivity index (χ2v) is 2.10. The molecule has 1 nitrogen and oxygen atoms in total. The fourth-order valence-corrected chi connectivity index (χ4v) is 0.316. The molecule has 0 aliphatic carbocycles. The number of rotatable bonds is 4. The zero-order chi connectivity index (χ0) is 6.41. The minimum atomic E-state index is 0.603. The van der Waals surface area contributed by atoms with Crippen LogP contribution in [0, 0.1) is 12.5 Å². The van der Waals surface area contributed by atoms with Crippen LogP contribution in [-0.2, 0) is 4.74 Å².